The maximum absolute atomic E-state index is 4.95. The number of anilines is 1. The third-order valence-electron chi connectivity index (χ3n) is 4.65. The highest BCUT2D eigenvalue weighted by molar-refractivity contribution is 7.15. The van der Waals surface area contributed by atoms with Gasteiger partial charge in [-0.05, 0) is 45.1 Å². The summed E-state index contributed by atoms with van der Waals surface area (Å²) in [4.78, 5) is 8.98. The van der Waals surface area contributed by atoms with Crippen molar-refractivity contribution in [3.8, 4) is 0 Å². The summed E-state index contributed by atoms with van der Waals surface area (Å²) in [6.45, 7) is 4.73. The molecule has 0 aromatic carbocycles. The minimum atomic E-state index is 0.543. The van der Waals surface area contributed by atoms with Gasteiger partial charge >= 0.3 is 0 Å². The zero-order chi connectivity index (χ0) is 13.2. The molecule has 2 unspecified atom stereocenters. The van der Waals surface area contributed by atoms with Crippen molar-refractivity contribution in [2.45, 2.75) is 51.5 Å². The normalized spacial score (nSPS) is 27.4. The van der Waals surface area contributed by atoms with E-state index in [1.807, 2.05) is 11.3 Å². The SMILES string of the molecule is CCC1CCCN(c2nc3c(s2)C(NC)CCC3)C1. The van der Waals surface area contributed by atoms with Crippen LogP contribution in [0.4, 0.5) is 5.13 Å². The molecule has 1 aromatic heterocycles. The molecular weight excluding hydrogens is 254 g/mol. The molecule has 1 fully saturated rings. The fourth-order valence-electron chi connectivity index (χ4n) is 3.39. The number of aryl methyl sites for hydroxylation is 1. The minimum Gasteiger partial charge on any atom is -0.348 e. The Hall–Kier alpha value is -0.610. The molecule has 3 nitrogen and oxygen atoms in total. The highest BCUT2D eigenvalue weighted by atomic mass is 32.1. The number of nitrogens with zero attached hydrogens (tertiary/aromatic N) is 2. The molecule has 0 spiro atoms. The van der Waals surface area contributed by atoms with Crippen LogP contribution in [-0.4, -0.2) is 25.1 Å². The van der Waals surface area contributed by atoms with E-state index in [0.717, 1.165) is 5.92 Å². The Bertz CT molecular complexity index is 429. The first-order valence-electron chi connectivity index (χ1n) is 7.73. The summed E-state index contributed by atoms with van der Waals surface area (Å²) in [6, 6.07) is 0.543. The molecule has 0 radical (unpaired) electrons. The van der Waals surface area contributed by atoms with Crippen LogP contribution in [0.2, 0.25) is 0 Å². The number of thiazole rings is 1. The average Bonchev–Trinajstić information content (AvgIpc) is 2.91. The summed E-state index contributed by atoms with van der Waals surface area (Å²) in [5.74, 6) is 0.870. The van der Waals surface area contributed by atoms with Gasteiger partial charge in [-0.2, -0.15) is 0 Å². The molecule has 3 rings (SSSR count). The highest BCUT2D eigenvalue weighted by Crippen LogP contribution is 2.38. The maximum atomic E-state index is 4.95. The standard InChI is InChI=1S/C15H25N3S/c1-3-11-6-5-9-18(10-11)15-17-13-8-4-7-12(16-2)14(13)19-15/h11-12,16H,3-10H2,1-2H3. The van der Waals surface area contributed by atoms with Crippen molar-refractivity contribution in [3.63, 3.8) is 0 Å². The second-order valence-electron chi connectivity index (χ2n) is 5.90. The van der Waals surface area contributed by atoms with Gasteiger partial charge in [-0.3, -0.25) is 0 Å². The molecule has 2 atom stereocenters. The van der Waals surface area contributed by atoms with Crippen LogP contribution >= 0.6 is 11.3 Å². The fourth-order valence-corrected chi connectivity index (χ4v) is 4.68. The Morgan fingerprint density at radius 3 is 3.05 bits per heavy atom. The molecule has 19 heavy (non-hydrogen) atoms. The molecular formula is C15H25N3S. The van der Waals surface area contributed by atoms with E-state index in [-0.39, 0.29) is 0 Å². The van der Waals surface area contributed by atoms with E-state index in [1.54, 1.807) is 0 Å². The van der Waals surface area contributed by atoms with Crippen molar-refractivity contribution in [3.05, 3.63) is 10.6 Å². The van der Waals surface area contributed by atoms with Crippen LogP contribution in [0, 0.1) is 5.92 Å². The summed E-state index contributed by atoms with van der Waals surface area (Å²) in [5.41, 5.74) is 1.37. The Morgan fingerprint density at radius 2 is 2.26 bits per heavy atom. The summed E-state index contributed by atoms with van der Waals surface area (Å²) in [5, 5.41) is 4.73. The molecule has 0 amide bonds. The number of rotatable bonds is 3. The Balaban J connectivity index is 1.80. The molecule has 2 heterocycles. The van der Waals surface area contributed by atoms with Gasteiger partial charge in [0.15, 0.2) is 5.13 Å². The lowest BCUT2D eigenvalue weighted by Crippen LogP contribution is -2.35. The quantitative estimate of drug-likeness (QED) is 0.919. The van der Waals surface area contributed by atoms with Crippen molar-refractivity contribution >= 4 is 16.5 Å². The molecule has 2 aliphatic rings. The largest absolute Gasteiger partial charge is 0.348 e. The van der Waals surface area contributed by atoms with E-state index >= 15 is 0 Å². The molecule has 1 aliphatic carbocycles. The van der Waals surface area contributed by atoms with E-state index in [1.165, 1.54) is 67.3 Å². The smallest absolute Gasteiger partial charge is 0.185 e. The molecule has 106 valence electrons. The lowest BCUT2D eigenvalue weighted by Gasteiger charge is -2.32. The van der Waals surface area contributed by atoms with Gasteiger partial charge in [0, 0.05) is 24.0 Å². The first-order chi connectivity index (χ1) is 9.31. The molecule has 1 aromatic rings. The van der Waals surface area contributed by atoms with Crippen LogP contribution in [0.1, 0.15) is 55.6 Å². The van der Waals surface area contributed by atoms with Crippen molar-refractivity contribution in [2.75, 3.05) is 25.0 Å². The van der Waals surface area contributed by atoms with Gasteiger partial charge in [-0.15, -0.1) is 0 Å². The number of nitrogens with one attached hydrogen (secondary N) is 1. The third kappa shape index (κ3) is 2.65. The van der Waals surface area contributed by atoms with Crippen LogP contribution in [0.25, 0.3) is 0 Å². The van der Waals surface area contributed by atoms with Crippen LogP contribution in [-0.2, 0) is 6.42 Å². The van der Waals surface area contributed by atoms with Gasteiger partial charge in [0.25, 0.3) is 0 Å². The van der Waals surface area contributed by atoms with Gasteiger partial charge in [0.05, 0.1) is 5.69 Å². The van der Waals surface area contributed by atoms with E-state index in [4.69, 9.17) is 4.98 Å². The van der Waals surface area contributed by atoms with E-state index < -0.39 is 0 Å². The predicted octanol–water partition coefficient (Wildman–Crippen LogP) is 3.37. The van der Waals surface area contributed by atoms with Gasteiger partial charge in [0.1, 0.15) is 0 Å². The van der Waals surface area contributed by atoms with E-state index in [9.17, 15) is 0 Å². The van der Waals surface area contributed by atoms with Crippen molar-refractivity contribution in [1.82, 2.24) is 10.3 Å². The summed E-state index contributed by atoms with van der Waals surface area (Å²) >= 11 is 1.94. The monoisotopic (exact) mass is 279 g/mol. The topological polar surface area (TPSA) is 28.2 Å². The fraction of sp³-hybridized carbons (Fsp3) is 0.800. The summed E-state index contributed by atoms with van der Waals surface area (Å²) in [6.07, 6.45) is 7.76. The number of fused-ring (bicyclic) bond motifs is 1. The Labute approximate surface area is 120 Å². The zero-order valence-corrected chi connectivity index (χ0v) is 12.9. The minimum absolute atomic E-state index is 0.543. The molecule has 1 aliphatic heterocycles. The Morgan fingerprint density at radius 1 is 1.37 bits per heavy atom. The number of aromatic nitrogens is 1. The second-order valence-corrected chi connectivity index (χ2v) is 6.91. The molecule has 1 N–H and O–H groups in total. The summed E-state index contributed by atoms with van der Waals surface area (Å²) in [7, 11) is 2.08. The zero-order valence-electron chi connectivity index (χ0n) is 12.1. The predicted molar refractivity (Wildman–Crippen MR) is 82.1 cm³/mol. The third-order valence-corrected chi connectivity index (χ3v) is 5.93. The molecule has 4 heteroatoms. The highest BCUT2D eigenvalue weighted by Gasteiger charge is 2.27. The van der Waals surface area contributed by atoms with Gasteiger partial charge in [-0.1, -0.05) is 24.7 Å². The Kier molecular flexibility index (Phi) is 4.08. The van der Waals surface area contributed by atoms with Gasteiger partial charge < -0.3 is 10.2 Å². The van der Waals surface area contributed by atoms with Crippen LogP contribution in [0.3, 0.4) is 0 Å². The lowest BCUT2D eigenvalue weighted by molar-refractivity contribution is 0.404. The first kappa shape index (κ1) is 13.4. The van der Waals surface area contributed by atoms with Crippen LogP contribution in [0.5, 0.6) is 0 Å². The number of piperidine rings is 1. The number of hydrogen-bond acceptors (Lipinski definition) is 4. The van der Waals surface area contributed by atoms with Crippen LogP contribution in [0.15, 0.2) is 0 Å². The molecule has 1 saturated heterocycles. The number of hydrogen-bond donors (Lipinski definition) is 1. The van der Waals surface area contributed by atoms with Crippen molar-refractivity contribution < 1.29 is 0 Å². The molecule has 0 saturated carbocycles. The van der Waals surface area contributed by atoms with Crippen LogP contribution < -0.4 is 10.2 Å². The second kappa shape index (κ2) is 5.80. The molecule has 0 bridgehead atoms. The maximum Gasteiger partial charge on any atom is 0.185 e. The van der Waals surface area contributed by atoms with Crippen molar-refractivity contribution in [2.24, 2.45) is 5.92 Å². The lowest BCUT2D eigenvalue weighted by atomic mass is 9.96. The average molecular weight is 279 g/mol. The van der Waals surface area contributed by atoms with E-state index in [0.29, 0.717) is 6.04 Å². The van der Waals surface area contributed by atoms with Crippen molar-refractivity contribution in [1.29, 1.82) is 0 Å². The first-order valence-corrected chi connectivity index (χ1v) is 8.55. The summed E-state index contributed by atoms with van der Waals surface area (Å²) < 4.78 is 0. The van der Waals surface area contributed by atoms with Gasteiger partial charge in [0.2, 0.25) is 0 Å². The van der Waals surface area contributed by atoms with Gasteiger partial charge in [-0.25, -0.2) is 4.98 Å². The van der Waals surface area contributed by atoms with E-state index in [2.05, 4.69) is 24.2 Å².